The third-order valence-electron chi connectivity index (χ3n) is 2.19. The van der Waals surface area contributed by atoms with Gasteiger partial charge in [-0.15, -0.1) is 0 Å². The molecule has 0 atom stereocenters. The lowest BCUT2D eigenvalue weighted by Crippen LogP contribution is -2.23. The van der Waals surface area contributed by atoms with Gasteiger partial charge < -0.3 is 8.85 Å². The zero-order valence-electron chi connectivity index (χ0n) is 8.69. The van der Waals surface area contributed by atoms with E-state index in [-0.39, 0.29) is 0 Å². The molecule has 0 aliphatic carbocycles. The summed E-state index contributed by atoms with van der Waals surface area (Å²) in [7, 11) is 1.90. The first-order valence-corrected chi connectivity index (χ1v) is 6.33. The van der Waals surface area contributed by atoms with Gasteiger partial charge in [0, 0.05) is 20.3 Å². The summed E-state index contributed by atoms with van der Waals surface area (Å²) in [4.78, 5) is 0. The molecule has 0 amide bonds. The molecule has 0 saturated heterocycles. The highest BCUT2D eigenvalue weighted by atomic mass is 28.3. The van der Waals surface area contributed by atoms with Crippen LogP contribution in [0.1, 0.15) is 11.1 Å². The van der Waals surface area contributed by atoms with Gasteiger partial charge in [0.25, 0.3) is 0 Å². The summed E-state index contributed by atoms with van der Waals surface area (Å²) < 4.78 is 10.6. The molecule has 1 aromatic rings. The minimum absolute atomic E-state index is 0.884. The van der Waals surface area contributed by atoms with Crippen molar-refractivity contribution in [1.29, 1.82) is 0 Å². The lowest BCUT2D eigenvalue weighted by atomic mass is 10.1. The average molecular weight is 208 g/mol. The number of hydrogen-bond acceptors (Lipinski definition) is 2. The first-order valence-electron chi connectivity index (χ1n) is 4.57. The average Bonchev–Trinajstić information content (AvgIpc) is 2.26. The second-order valence-corrected chi connectivity index (χ2v) is 5.22. The highest BCUT2D eigenvalue weighted by molar-refractivity contribution is 6.43. The molecule has 0 bridgehead atoms. The second kappa shape index (κ2) is 5.75. The summed E-state index contributed by atoms with van der Waals surface area (Å²) in [6, 6.07) is 9.07. The maximum Gasteiger partial charge on any atom is 0.325 e. The molecule has 0 spiro atoms. The summed E-state index contributed by atoms with van der Waals surface area (Å²) in [6.45, 7) is 3.78. The fraction of sp³-hybridized carbons (Fsp3) is 0.273. The van der Waals surface area contributed by atoms with Crippen molar-refractivity contribution in [1.82, 2.24) is 0 Å². The minimum atomic E-state index is -1.51. The Balaban J connectivity index is 2.79. The van der Waals surface area contributed by atoms with Crippen LogP contribution in [0.15, 0.2) is 30.8 Å². The largest absolute Gasteiger partial charge is 0.400 e. The molecule has 0 aliphatic heterocycles. The van der Waals surface area contributed by atoms with Crippen LogP contribution in [0.25, 0.3) is 6.08 Å². The Morgan fingerprint density at radius 3 is 2.50 bits per heavy atom. The van der Waals surface area contributed by atoms with Crippen molar-refractivity contribution in [2.45, 2.75) is 6.04 Å². The van der Waals surface area contributed by atoms with E-state index in [0.717, 1.165) is 6.04 Å². The van der Waals surface area contributed by atoms with Gasteiger partial charge in [0.05, 0.1) is 0 Å². The topological polar surface area (TPSA) is 18.5 Å². The van der Waals surface area contributed by atoms with Crippen molar-refractivity contribution in [2.75, 3.05) is 14.2 Å². The molecular weight excluding hydrogens is 192 g/mol. The first kappa shape index (κ1) is 11.2. The SMILES string of the molecule is C=Cc1ccccc1C[SiH](OC)OC. The Morgan fingerprint density at radius 1 is 1.29 bits per heavy atom. The van der Waals surface area contributed by atoms with E-state index >= 15 is 0 Å². The Bertz CT molecular complexity index is 295. The van der Waals surface area contributed by atoms with Crippen molar-refractivity contribution in [2.24, 2.45) is 0 Å². The van der Waals surface area contributed by atoms with E-state index in [9.17, 15) is 0 Å². The summed E-state index contributed by atoms with van der Waals surface area (Å²) in [5.74, 6) is 0. The Kier molecular flexibility index (Phi) is 4.59. The maximum atomic E-state index is 5.29. The molecule has 0 N–H and O–H groups in total. The van der Waals surface area contributed by atoms with E-state index in [0.29, 0.717) is 0 Å². The monoisotopic (exact) mass is 208 g/mol. The number of hydrogen-bond donors (Lipinski definition) is 0. The fourth-order valence-electron chi connectivity index (χ4n) is 1.36. The van der Waals surface area contributed by atoms with Gasteiger partial charge >= 0.3 is 9.28 Å². The Labute approximate surface area is 87.0 Å². The second-order valence-electron chi connectivity index (χ2n) is 3.01. The van der Waals surface area contributed by atoms with Gasteiger partial charge in [0.1, 0.15) is 0 Å². The van der Waals surface area contributed by atoms with E-state index in [1.165, 1.54) is 11.1 Å². The quantitative estimate of drug-likeness (QED) is 0.688. The molecule has 76 valence electrons. The van der Waals surface area contributed by atoms with Crippen molar-refractivity contribution < 1.29 is 8.85 Å². The van der Waals surface area contributed by atoms with Crippen LogP contribution in [0.2, 0.25) is 0 Å². The van der Waals surface area contributed by atoms with E-state index in [2.05, 4.69) is 18.7 Å². The third kappa shape index (κ3) is 2.80. The summed E-state index contributed by atoms with van der Waals surface area (Å²) in [6.07, 6.45) is 1.87. The highest BCUT2D eigenvalue weighted by Gasteiger charge is 2.11. The molecule has 0 aromatic heterocycles. The van der Waals surface area contributed by atoms with Crippen molar-refractivity contribution in [3.8, 4) is 0 Å². The summed E-state index contributed by atoms with van der Waals surface area (Å²) in [5.41, 5.74) is 2.42. The van der Waals surface area contributed by atoms with Gasteiger partial charge in [0.15, 0.2) is 0 Å². The van der Waals surface area contributed by atoms with Crippen molar-refractivity contribution in [3.05, 3.63) is 42.0 Å². The molecule has 1 aromatic carbocycles. The minimum Gasteiger partial charge on any atom is -0.400 e. The van der Waals surface area contributed by atoms with Crippen LogP contribution in [0.4, 0.5) is 0 Å². The van der Waals surface area contributed by atoms with Gasteiger partial charge in [-0.25, -0.2) is 0 Å². The molecule has 0 fully saturated rings. The molecule has 0 radical (unpaired) electrons. The first-order chi connectivity index (χ1) is 6.81. The molecule has 0 saturated carbocycles. The number of rotatable bonds is 5. The van der Waals surface area contributed by atoms with Gasteiger partial charge in [-0.3, -0.25) is 0 Å². The fourth-order valence-corrected chi connectivity index (χ4v) is 2.62. The van der Waals surface area contributed by atoms with Crippen LogP contribution >= 0.6 is 0 Å². The van der Waals surface area contributed by atoms with Crippen LogP contribution in [0, 0.1) is 0 Å². The third-order valence-corrected chi connectivity index (χ3v) is 4.01. The predicted molar refractivity (Wildman–Crippen MR) is 61.4 cm³/mol. The standard InChI is InChI=1S/C11H16O2Si/c1-4-10-7-5-6-8-11(10)9-14(12-2)13-3/h4-8,14H,1,9H2,2-3H3. The van der Waals surface area contributed by atoms with Gasteiger partial charge in [0.2, 0.25) is 0 Å². The Hall–Kier alpha value is -0.903. The number of benzene rings is 1. The van der Waals surface area contributed by atoms with Gasteiger partial charge in [-0.05, 0) is 11.1 Å². The lowest BCUT2D eigenvalue weighted by Gasteiger charge is -2.12. The zero-order valence-corrected chi connectivity index (χ0v) is 9.85. The maximum absolute atomic E-state index is 5.29. The zero-order chi connectivity index (χ0) is 10.4. The molecule has 3 heteroatoms. The van der Waals surface area contributed by atoms with Crippen molar-refractivity contribution in [3.63, 3.8) is 0 Å². The van der Waals surface area contributed by atoms with E-state index in [1.54, 1.807) is 14.2 Å². The smallest absolute Gasteiger partial charge is 0.325 e. The highest BCUT2D eigenvalue weighted by Crippen LogP contribution is 2.12. The van der Waals surface area contributed by atoms with Crippen molar-refractivity contribution >= 4 is 15.4 Å². The van der Waals surface area contributed by atoms with Crippen LogP contribution in [-0.4, -0.2) is 23.5 Å². The molecule has 0 heterocycles. The van der Waals surface area contributed by atoms with Crippen LogP contribution in [0.3, 0.4) is 0 Å². The molecule has 2 nitrogen and oxygen atoms in total. The molecule has 1 rings (SSSR count). The van der Waals surface area contributed by atoms with E-state index in [1.807, 2.05) is 18.2 Å². The summed E-state index contributed by atoms with van der Waals surface area (Å²) in [5, 5.41) is 0. The van der Waals surface area contributed by atoms with E-state index < -0.39 is 9.28 Å². The molecule has 0 aliphatic rings. The molecule has 0 unspecified atom stereocenters. The van der Waals surface area contributed by atoms with Gasteiger partial charge in [-0.2, -0.15) is 0 Å². The predicted octanol–water partition coefficient (Wildman–Crippen LogP) is 1.92. The summed E-state index contributed by atoms with van der Waals surface area (Å²) >= 11 is 0. The molecule has 14 heavy (non-hydrogen) atoms. The van der Waals surface area contributed by atoms with Crippen LogP contribution < -0.4 is 0 Å². The van der Waals surface area contributed by atoms with Crippen LogP contribution in [0.5, 0.6) is 0 Å². The normalized spacial score (nSPS) is 10.5. The Morgan fingerprint density at radius 2 is 1.93 bits per heavy atom. The van der Waals surface area contributed by atoms with Crippen LogP contribution in [-0.2, 0) is 14.9 Å². The van der Waals surface area contributed by atoms with E-state index in [4.69, 9.17) is 8.85 Å². The lowest BCUT2D eigenvalue weighted by molar-refractivity contribution is 0.277. The molecular formula is C11H16O2Si. The van der Waals surface area contributed by atoms with Gasteiger partial charge in [-0.1, -0.05) is 36.9 Å².